The highest BCUT2D eigenvalue weighted by Gasteiger charge is 2.33. The van der Waals surface area contributed by atoms with Crippen LogP contribution in [0, 0.1) is 23.2 Å². The van der Waals surface area contributed by atoms with Gasteiger partial charge in [0, 0.05) is 0 Å². The van der Waals surface area contributed by atoms with Crippen molar-refractivity contribution in [3.05, 3.63) is 0 Å². The van der Waals surface area contributed by atoms with Crippen molar-refractivity contribution in [1.29, 1.82) is 0 Å². The topological polar surface area (TPSA) is 0 Å². The summed E-state index contributed by atoms with van der Waals surface area (Å²) in [7, 11) is 0. The Hall–Kier alpha value is 0. The van der Waals surface area contributed by atoms with Gasteiger partial charge in [0.1, 0.15) is 0 Å². The number of rotatable bonds is 14. The van der Waals surface area contributed by atoms with E-state index in [1.165, 1.54) is 70.6 Å². The van der Waals surface area contributed by atoms with Crippen molar-refractivity contribution < 1.29 is 0 Å². The van der Waals surface area contributed by atoms with Gasteiger partial charge in [-0.3, -0.25) is 0 Å². The Balaban J connectivity index is 4.42. The van der Waals surface area contributed by atoms with Crippen LogP contribution in [0.25, 0.3) is 0 Å². The van der Waals surface area contributed by atoms with Gasteiger partial charge in [0.15, 0.2) is 0 Å². The Labute approximate surface area is 142 Å². The largest absolute Gasteiger partial charge is 0.0654 e. The first-order chi connectivity index (χ1) is 10.4. The molecule has 0 heteroatoms. The van der Waals surface area contributed by atoms with E-state index in [1.807, 2.05) is 0 Å². The molecule has 0 saturated carbocycles. The van der Waals surface area contributed by atoms with Gasteiger partial charge in [0.05, 0.1) is 0 Å². The van der Waals surface area contributed by atoms with Crippen LogP contribution in [0.5, 0.6) is 0 Å². The molecule has 0 rings (SSSR count). The van der Waals surface area contributed by atoms with E-state index in [9.17, 15) is 0 Å². The fourth-order valence-corrected chi connectivity index (χ4v) is 4.00. The van der Waals surface area contributed by atoms with Gasteiger partial charge in [-0.05, 0) is 42.4 Å². The van der Waals surface area contributed by atoms with Gasteiger partial charge in [0.2, 0.25) is 0 Å². The van der Waals surface area contributed by atoms with Crippen LogP contribution in [0.2, 0.25) is 0 Å². The maximum absolute atomic E-state index is 2.52. The molecule has 2 unspecified atom stereocenters. The van der Waals surface area contributed by atoms with E-state index in [0.29, 0.717) is 5.41 Å². The fourth-order valence-electron chi connectivity index (χ4n) is 4.00. The monoisotopic (exact) mass is 310 g/mol. The molecule has 0 nitrogen and oxygen atoms in total. The minimum atomic E-state index is 0.631. The number of hydrogen-bond acceptors (Lipinski definition) is 0. The fraction of sp³-hybridized carbons (Fsp3) is 1.00. The predicted octanol–water partition coefficient (Wildman–Crippen LogP) is 8.25. The third-order valence-electron chi connectivity index (χ3n) is 5.83. The van der Waals surface area contributed by atoms with E-state index in [-0.39, 0.29) is 0 Å². The zero-order valence-corrected chi connectivity index (χ0v) is 17.0. The first kappa shape index (κ1) is 22.0. The van der Waals surface area contributed by atoms with E-state index in [4.69, 9.17) is 0 Å². The van der Waals surface area contributed by atoms with Gasteiger partial charge in [0.25, 0.3) is 0 Å². The van der Waals surface area contributed by atoms with Gasteiger partial charge >= 0.3 is 0 Å². The maximum Gasteiger partial charge on any atom is -0.0272 e. The Morgan fingerprint density at radius 2 is 1.23 bits per heavy atom. The van der Waals surface area contributed by atoms with Crippen molar-refractivity contribution in [2.75, 3.05) is 0 Å². The van der Waals surface area contributed by atoms with Gasteiger partial charge < -0.3 is 0 Å². The Morgan fingerprint density at radius 1 is 0.636 bits per heavy atom. The Kier molecular flexibility index (Phi) is 12.4. The third kappa shape index (κ3) is 9.21. The average molecular weight is 311 g/mol. The van der Waals surface area contributed by atoms with Crippen molar-refractivity contribution in [2.45, 2.75) is 119 Å². The summed E-state index contributed by atoms with van der Waals surface area (Å²) in [6.07, 6.45) is 15.7. The summed E-state index contributed by atoms with van der Waals surface area (Å²) < 4.78 is 0. The minimum Gasteiger partial charge on any atom is -0.0654 e. The molecule has 0 aromatic carbocycles. The standard InChI is InChI=1S/C22H46/c1-8-16-22(21(7)9-2,18-15-20(5)6)17-13-11-10-12-14-19(3)4/h19-21H,8-18H2,1-7H3. The first-order valence-electron chi connectivity index (χ1n) is 10.4. The molecule has 0 fully saturated rings. The lowest BCUT2D eigenvalue weighted by Crippen LogP contribution is -2.29. The maximum atomic E-state index is 2.52. The molecule has 0 saturated heterocycles. The second kappa shape index (κ2) is 12.4. The van der Waals surface area contributed by atoms with Crippen LogP contribution in [0.4, 0.5) is 0 Å². The SMILES string of the molecule is CCCC(CCCCCCC(C)C)(CCC(C)C)C(C)CC. The van der Waals surface area contributed by atoms with Gasteiger partial charge in [-0.15, -0.1) is 0 Å². The lowest BCUT2D eigenvalue weighted by Gasteiger charge is -2.40. The van der Waals surface area contributed by atoms with Crippen LogP contribution in [-0.4, -0.2) is 0 Å². The molecule has 2 atom stereocenters. The second-order valence-electron chi connectivity index (χ2n) is 8.70. The highest BCUT2D eigenvalue weighted by atomic mass is 14.4. The smallest absolute Gasteiger partial charge is 0.0272 e. The summed E-state index contributed by atoms with van der Waals surface area (Å²) >= 11 is 0. The van der Waals surface area contributed by atoms with Crippen LogP contribution in [0.3, 0.4) is 0 Å². The van der Waals surface area contributed by atoms with E-state index in [2.05, 4.69) is 48.5 Å². The normalized spacial score (nSPS) is 16.2. The molecule has 0 N–H and O–H groups in total. The number of hydrogen-bond donors (Lipinski definition) is 0. The molecule has 0 aliphatic carbocycles. The van der Waals surface area contributed by atoms with Crippen molar-refractivity contribution in [1.82, 2.24) is 0 Å². The molecule has 134 valence electrons. The lowest BCUT2D eigenvalue weighted by atomic mass is 9.65. The predicted molar refractivity (Wildman–Crippen MR) is 103 cm³/mol. The summed E-state index contributed by atoms with van der Waals surface area (Å²) in [5, 5.41) is 0. The van der Waals surface area contributed by atoms with Crippen molar-refractivity contribution in [2.24, 2.45) is 23.2 Å². The highest BCUT2D eigenvalue weighted by molar-refractivity contribution is 4.84. The van der Waals surface area contributed by atoms with E-state index < -0.39 is 0 Å². The molecule has 0 aliphatic rings. The summed E-state index contributed by atoms with van der Waals surface area (Å²) in [5.41, 5.74) is 0.631. The molecule has 0 spiro atoms. The quantitative estimate of drug-likeness (QED) is 0.283. The first-order valence-corrected chi connectivity index (χ1v) is 10.4. The highest BCUT2D eigenvalue weighted by Crippen LogP contribution is 2.44. The van der Waals surface area contributed by atoms with Crippen molar-refractivity contribution in [3.63, 3.8) is 0 Å². The summed E-state index contributed by atoms with van der Waals surface area (Å²) in [4.78, 5) is 0. The van der Waals surface area contributed by atoms with Crippen molar-refractivity contribution in [3.8, 4) is 0 Å². The summed E-state index contributed by atoms with van der Waals surface area (Å²) in [6.45, 7) is 16.8. The summed E-state index contributed by atoms with van der Waals surface area (Å²) in [6, 6.07) is 0. The molecule has 0 bridgehead atoms. The summed E-state index contributed by atoms with van der Waals surface area (Å²) in [5.74, 6) is 2.62. The average Bonchev–Trinajstić information content (AvgIpc) is 2.46. The van der Waals surface area contributed by atoms with Crippen LogP contribution >= 0.6 is 0 Å². The van der Waals surface area contributed by atoms with Crippen LogP contribution < -0.4 is 0 Å². The molecule has 0 amide bonds. The minimum absolute atomic E-state index is 0.631. The van der Waals surface area contributed by atoms with E-state index >= 15 is 0 Å². The number of unbranched alkanes of at least 4 members (excludes halogenated alkanes) is 3. The van der Waals surface area contributed by atoms with Crippen LogP contribution in [-0.2, 0) is 0 Å². The Morgan fingerprint density at radius 3 is 1.73 bits per heavy atom. The van der Waals surface area contributed by atoms with Crippen LogP contribution in [0.1, 0.15) is 119 Å². The van der Waals surface area contributed by atoms with Crippen LogP contribution in [0.15, 0.2) is 0 Å². The van der Waals surface area contributed by atoms with Gasteiger partial charge in [-0.25, -0.2) is 0 Å². The molecular formula is C22H46. The van der Waals surface area contributed by atoms with Gasteiger partial charge in [-0.2, -0.15) is 0 Å². The zero-order chi connectivity index (χ0) is 17.0. The molecule has 0 radical (unpaired) electrons. The molecule has 22 heavy (non-hydrogen) atoms. The molecule has 0 heterocycles. The molecule has 0 aromatic rings. The van der Waals surface area contributed by atoms with E-state index in [0.717, 1.165) is 17.8 Å². The molecule has 0 aromatic heterocycles. The molecule has 0 aliphatic heterocycles. The third-order valence-corrected chi connectivity index (χ3v) is 5.83. The van der Waals surface area contributed by atoms with Crippen molar-refractivity contribution >= 4 is 0 Å². The molecular weight excluding hydrogens is 264 g/mol. The second-order valence-corrected chi connectivity index (χ2v) is 8.70. The zero-order valence-electron chi connectivity index (χ0n) is 17.0. The Bertz CT molecular complexity index is 240. The van der Waals surface area contributed by atoms with Gasteiger partial charge in [-0.1, -0.05) is 99.8 Å². The van der Waals surface area contributed by atoms with E-state index in [1.54, 1.807) is 0 Å². The lowest BCUT2D eigenvalue weighted by molar-refractivity contribution is 0.107.